The zero-order chi connectivity index (χ0) is 54.3. The molecule has 6 heteroatoms. The van der Waals surface area contributed by atoms with Gasteiger partial charge in [0, 0.05) is 19.3 Å². The molecule has 0 aliphatic carbocycles. The Hall–Kier alpha value is -2.37. The molecule has 0 aromatic heterocycles. The second kappa shape index (κ2) is 64.2. The van der Waals surface area contributed by atoms with Crippen molar-refractivity contribution in [2.24, 2.45) is 0 Å². The summed E-state index contributed by atoms with van der Waals surface area (Å²) in [6.45, 7) is 6.63. The van der Waals surface area contributed by atoms with Crippen molar-refractivity contribution in [1.29, 1.82) is 0 Å². The van der Waals surface area contributed by atoms with E-state index >= 15 is 0 Å². The fraction of sp³-hybridized carbons (Fsp3) is 0.870. The minimum atomic E-state index is -0.775. The number of rotatable bonds is 62. The number of ether oxygens (including phenoxy) is 3. The van der Waals surface area contributed by atoms with Crippen LogP contribution in [-0.4, -0.2) is 37.2 Å². The van der Waals surface area contributed by atoms with E-state index in [-0.39, 0.29) is 31.1 Å². The maximum Gasteiger partial charge on any atom is 0.306 e. The first-order valence-electron chi connectivity index (χ1n) is 33.5. The van der Waals surface area contributed by atoms with E-state index in [1.54, 1.807) is 0 Å². The number of hydrogen-bond donors (Lipinski definition) is 0. The van der Waals surface area contributed by atoms with Gasteiger partial charge in [0.2, 0.25) is 0 Å². The van der Waals surface area contributed by atoms with E-state index in [1.807, 2.05) is 0 Å². The molecule has 0 aliphatic heterocycles. The highest BCUT2D eigenvalue weighted by molar-refractivity contribution is 5.71. The van der Waals surface area contributed by atoms with E-state index in [0.717, 1.165) is 83.5 Å². The smallest absolute Gasteiger partial charge is 0.306 e. The van der Waals surface area contributed by atoms with Gasteiger partial charge < -0.3 is 14.2 Å². The highest BCUT2D eigenvalue weighted by atomic mass is 16.6. The Kier molecular flexibility index (Phi) is 62.1. The predicted octanol–water partition coefficient (Wildman–Crippen LogP) is 22.8. The molecular weight excluding hydrogens is 925 g/mol. The summed E-state index contributed by atoms with van der Waals surface area (Å²) < 4.78 is 16.9. The van der Waals surface area contributed by atoms with E-state index < -0.39 is 6.10 Å². The molecular formula is C69H128O6. The standard InChI is InChI=1S/C69H128O6/c1-4-7-10-13-16-19-22-25-27-29-30-31-32-33-34-35-36-37-38-40-41-44-47-50-53-56-59-62-68(71)74-65-66(64-73-67(70)61-58-55-52-49-46-43-24-21-18-15-12-9-6-3)75-69(72)63-60-57-54-51-48-45-42-39-28-26-23-20-17-14-11-8-5-2/h12,15,21,24,29-30,66H,4-11,13-14,16-20,22-23,25-28,31-65H2,1-3H3/b15-12-,24-21-,30-29-. The van der Waals surface area contributed by atoms with Crippen molar-refractivity contribution in [3.05, 3.63) is 36.5 Å². The van der Waals surface area contributed by atoms with Crippen molar-refractivity contribution in [3.8, 4) is 0 Å². The van der Waals surface area contributed by atoms with Crippen LogP contribution < -0.4 is 0 Å². The second-order valence-corrected chi connectivity index (χ2v) is 22.7. The van der Waals surface area contributed by atoms with Gasteiger partial charge in [0.05, 0.1) is 0 Å². The largest absolute Gasteiger partial charge is 0.462 e. The molecule has 0 bridgehead atoms. The van der Waals surface area contributed by atoms with Gasteiger partial charge in [-0.15, -0.1) is 0 Å². The Morgan fingerprint density at radius 1 is 0.267 bits per heavy atom. The fourth-order valence-corrected chi connectivity index (χ4v) is 10.1. The third kappa shape index (κ3) is 62.4. The summed E-state index contributed by atoms with van der Waals surface area (Å²) in [6.07, 6.45) is 78.8. The lowest BCUT2D eigenvalue weighted by molar-refractivity contribution is -0.167. The molecule has 0 amide bonds. The summed E-state index contributed by atoms with van der Waals surface area (Å²) in [7, 11) is 0. The first-order chi connectivity index (χ1) is 37.0. The molecule has 75 heavy (non-hydrogen) atoms. The van der Waals surface area contributed by atoms with Crippen LogP contribution in [0.15, 0.2) is 36.5 Å². The zero-order valence-corrected chi connectivity index (χ0v) is 50.6. The van der Waals surface area contributed by atoms with Crippen LogP contribution >= 0.6 is 0 Å². The first kappa shape index (κ1) is 72.6. The van der Waals surface area contributed by atoms with Crippen LogP contribution in [0.2, 0.25) is 0 Å². The van der Waals surface area contributed by atoms with E-state index in [0.29, 0.717) is 19.3 Å². The lowest BCUT2D eigenvalue weighted by atomic mass is 10.0. The Labute approximate surface area is 467 Å². The summed E-state index contributed by atoms with van der Waals surface area (Å²) in [5.41, 5.74) is 0. The van der Waals surface area contributed by atoms with Crippen LogP contribution in [0.5, 0.6) is 0 Å². The third-order valence-corrected chi connectivity index (χ3v) is 15.1. The number of carbonyl (C=O) groups excluding carboxylic acids is 3. The number of allylic oxidation sites excluding steroid dienone is 6. The quantitative estimate of drug-likeness (QED) is 0.0261. The van der Waals surface area contributed by atoms with E-state index in [1.165, 1.54) is 244 Å². The molecule has 1 atom stereocenters. The SMILES string of the molecule is CCC/C=C\C/C=C\CCCCCCCC(=O)OCC(COC(=O)CCCCCCCCCCCCCCCCC/C=C\CCCCCCCCCC)OC(=O)CCCCCCCCCCCCCCCCCCC. The van der Waals surface area contributed by atoms with Gasteiger partial charge in [-0.25, -0.2) is 0 Å². The summed E-state index contributed by atoms with van der Waals surface area (Å²) in [5, 5.41) is 0. The van der Waals surface area contributed by atoms with Crippen molar-refractivity contribution in [1.82, 2.24) is 0 Å². The average Bonchev–Trinajstić information content (AvgIpc) is 3.41. The van der Waals surface area contributed by atoms with Crippen molar-refractivity contribution >= 4 is 17.9 Å². The van der Waals surface area contributed by atoms with E-state index in [2.05, 4.69) is 57.2 Å². The van der Waals surface area contributed by atoms with Crippen molar-refractivity contribution in [2.75, 3.05) is 13.2 Å². The molecule has 0 rings (SSSR count). The zero-order valence-electron chi connectivity index (χ0n) is 50.6. The maximum atomic E-state index is 12.9. The van der Waals surface area contributed by atoms with Crippen molar-refractivity contribution in [3.63, 3.8) is 0 Å². The van der Waals surface area contributed by atoms with Crippen LogP contribution in [0.3, 0.4) is 0 Å². The normalized spacial score (nSPS) is 12.2. The molecule has 0 heterocycles. The highest BCUT2D eigenvalue weighted by Gasteiger charge is 2.19. The molecule has 1 unspecified atom stereocenters. The number of carbonyl (C=O) groups is 3. The number of unbranched alkanes of at least 4 members (excludes halogenated alkanes) is 45. The molecule has 0 aromatic rings. The topological polar surface area (TPSA) is 78.9 Å². The molecule has 0 N–H and O–H groups in total. The minimum absolute atomic E-state index is 0.0717. The van der Waals surface area contributed by atoms with Gasteiger partial charge in [-0.1, -0.05) is 314 Å². The van der Waals surface area contributed by atoms with Gasteiger partial charge in [-0.3, -0.25) is 14.4 Å². The van der Waals surface area contributed by atoms with Gasteiger partial charge in [0.25, 0.3) is 0 Å². The Morgan fingerprint density at radius 3 is 0.800 bits per heavy atom. The van der Waals surface area contributed by atoms with Crippen LogP contribution in [0.4, 0.5) is 0 Å². The summed E-state index contributed by atoms with van der Waals surface area (Å²) in [4.78, 5) is 38.3. The Bertz CT molecular complexity index is 1250. The number of esters is 3. The molecule has 440 valence electrons. The summed E-state index contributed by atoms with van der Waals surface area (Å²) in [5.74, 6) is -0.861. The number of hydrogen-bond acceptors (Lipinski definition) is 6. The Balaban J connectivity index is 4.20. The molecule has 0 aliphatic rings. The van der Waals surface area contributed by atoms with E-state index in [9.17, 15) is 14.4 Å². The van der Waals surface area contributed by atoms with Gasteiger partial charge in [0.1, 0.15) is 13.2 Å². The lowest BCUT2D eigenvalue weighted by Crippen LogP contribution is -2.30. The molecule has 0 fully saturated rings. The van der Waals surface area contributed by atoms with E-state index in [4.69, 9.17) is 14.2 Å². The van der Waals surface area contributed by atoms with Crippen LogP contribution in [0.1, 0.15) is 367 Å². The Morgan fingerprint density at radius 2 is 0.507 bits per heavy atom. The maximum absolute atomic E-state index is 12.9. The van der Waals surface area contributed by atoms with Gasteiger partial charge >= 0.3 is 17.9 Å². The van der Waals surface area contributed by atoms with Gasteiger partial charge in [-0.2, -0.15) is 0 Å². The van der Waals surface area contributed by atoms with Crippen LogP contribution in [0.25, 0.3) is 0 Å². The van der Waals surface area contributed by atoms with Crippen molar-refractivity contribution in [2.45, 2.75) is 374 Å². The van der Waals surface area contributed by atoms with Crippen molar-refractivity contribution < 1.29 is 28.6 Å². The summed E-state index contributed by atoms with van der Waals surface area (Å²) >= 11 is 0. The van der Waals surface area contributed by atoms with Gasteiger partial charge in [0.15, 0.2) is 6.10 Å². The van der Waals surface area contributed by atoms with Crippen LogP contribution in [-0.2, 0) is 28.6 Å². The predicted molar refractivity (Wildman–Crippen MR) is 326 cm³/mol. The average molecular weight is 1050 g/mol. The third-order valence-electron chi connectivity index (χ3n) is 15.1. The molecule has 0 aromatic carbocycles. The molecule has 0 radical (unpaired) electrons. The first-order valence-corrected chi connectivity index (χ1v) is 33.5. The second-order valence-electron chi connectivity index (χ2n) is 22.7. The molecule has 0 saturated heterocycles. The minimum Gasteiger partial charge on any atom is -0.462 e. The lowest BCUT2D eigenvalue weighted by Gasteiger charge is -2.18. The summed E-state index contributed by atoms with van der Waals surface area (Å²) in [6, 6.07) is 0. The van der Waals surface area contributed by atoms with Gasteiger partial charge in [-0.05, 0) is 70.6 Å². The molecule has 6 nitrogen and oxygen atoms in total. The fourth-order valence-electron chi connectivity index (χ4n) is 10.1. The molecule has 0 spiro atoms. The monoisotopic (exact) mass is 1050 g/mol. The highest BCUT2D eigenvalue weighted by Crippen LogP contribution is 2.18. The van der Waals surface area contributed by atoms with Crippen LogP contribution in [0, 0.1) is 0 Å². The molecule has 0 saturated carbocycles.